The van der Waals surface area contributed by atoms with Gasteiger partial charge in [0.25, 0.3) is 0 Å². The molecule has 0 atom stereocenters. The molecule has 1 aromatic heterocycles. The van der Waals surface area contributed by atoms with Crippen molar-refractivity contribution < 1.29 is 9.53 Å². The lowest BCUT2D eigenvalue weighted by Crippen LogP contribution is -2.29. The molecular formula is C20H23N3O2. The van der Waals surface area contributed by atoms with Crippen molar-refractivity contribution in [3.05, 3.63) is 54.6 Å². The molecular weight excluding hydrogens is 314 g/mol. The molecule has 0 aliphatic carbocycles. The predicted molar refractivity (Wildman–Crippen MR) is 99.3 cm³/mol. The minimum atomic E-state index is -0.0168. The highest BCUT2D eigenvalue weighted by molar-refractivity contribution is 5.84. The fraction of sp³-hybridized carbons (Fsp3) is 0.300. The maximum Gasteiger partial charge on any atom is 0.240 e. The van der Waals surface area contributed by atoms with Gasteiger partial charge in [0, 0.05) is 25.3 Å². The van der Waals surface area contributed by atoms with E-state index in [4.69, 9.17) is 9.72 Å². The Morgan fingerprint density at radius 3 is 2.68 bits per heavy atom. The molecule has 1 heterocycles. The molecule has 0 spiro atoms. The monoisotopic (exact) mass is 337 g/mol. The first-order valence-electron chi connectivity index (χ1n) is 8.64. The quantitative estimate of drug-likeness (QED) is 0.642. The number of nitrogens with zero attached hydrogens (tertiary/aromatic N) is 2. The van der Waals surface area contributed by atoms with E-state index in [9.17, 15) is 4.79 Å². The topological polar surface area (TPSA) is 56.1 Å². The van der Waals surface area contributed by atoms with Gasteiger partial charge in [-0.05, 0) is 25.5 Å². The van der Waals surface area contributed by atoms with Crippen molar-refractivity contribution in [3.63, 3.8) is 0 Å². The largest absolute Gasteiger partial charge is 0.382 e. The first-order chi connectivity index (χ1) is 12.3. The van der Waals surface area contributed by atoms with Crippen molar-refractivity contribution in [2.75, 3.05) is 19.8 Å². The lowest BCUT2D eigenvalue weighted by atomic mass is 10.2. The minimum absolute atomic E-state index is 0.0168. The molecule has 0 aliphatic heterocycles. The van der Waals surface area contributed by atoms with Crippen molar-refractivity contribution in [1.82, 2.24) is 14.9 Å². The van der Waals surface area contributed by atoms with Crippen LogP contribution in [-0.2, 0) is 16.1 Å². The summed E-state index contributed by atoms with van der Waals surface area (Å²) in [5, 5.41) is 2.96. The molecule has 0 aliphatic rings. The second-order valence-electron chi connectivity index (χ2n) is 5.78. The molecule has 1 N–H and O–H groups in total. The average molecular weight is 337 g/mol. The summed E-state index contributed by atoms with van der Waals surface area (Å²) < 4.78 is 7.26. The molecule has 0 saturated carbocycles. The highest BCUT2D eigenvalue weighted by atomic mass is 16.5. The zero-order valence-corrected chi connectivity index (χ0v) is 14.4. The fourth-order valence-electron chi connectivity index (χ4n) is 2.79. The molecule has 0 fully saturated rings. The number of fused-ring (bicyclic) bond motifs is 1. The van der Waals surface area contributed by atoms with E-state index in [0.29, 0.717) is 19.8 Å². The van der Waals surface area contributed by atoms with E-state index in [1.54, 1.807) is 0 Å². The molecule has 0 saturated heterocycles. The number of benzene rings is 2. The van der Waals surface area contributed by atoms with Crippen LogP contribution in [0.15, 0.2) is 54.6 Å². The van der Waals surface area contributed by atoms with Gasteiger partial charge in [-0.15, -0.1) is 0 Å². The third-order valence-corrected chi connectivity index (χ3v) is 3.98. The van der Waals surface area contributed by atoms with Gasteiger partial charge in [-0.2, -0.15) is 0 Å². The van der Waals surface area contributed by atoms with Crippen LogP contribution >= 0.6 is 0 Å². The molecule has 25 heavy (non-hydrogen) atoms. The molecule has 5 heteroatoms. The fourth-order valence-corrected chi connectivity index (χ4v) is 2.79. The van der Waals surface area contributed by atoms with Crippen molar-refractivity contribution in [1.29, 1.82) is 0 Å². The zero-order valence-electron chi connectivity index (χ0n) is 14.4. The number of aromatic nitrogens is 2. The van der Waals surface area contributed by atoms with Crippen LogP contribution in [0, 0.1) is 0 Å². The summed E-state index contributed by atoms with van der Waals surface area (Å²) in [4.78, 5) is 17.1. The van der Waals surface area contributed by atoms with Crippen molar-refractivity contribution in [2.45, 2.75) is 19.9 Å². The predicted octanol–water partition coefficient (Wildman–Crippen LogP) is 3.25. The summed E-state index contributed by atoms with van der Waals surface area (Å²) in [6.45, 7) is 4.20. The average Bonchev–Trinajstić information content (AvgIpc) is 3.01. The Labute approximate surface area is 147 Å². The van der Waals surface area contributed by atoms with Crippen molar-refractivity contribution in [2.24, 2.45) is 0 Å². The Morgan fingerprint density at radius 2 is 1.88 bits per heavy atom. The standard InChI is InChI=1S/C20H23N3O2/c1-2-25-14-8-13-21-19(24)15-23-18-12-7-6-11-17(18)22-20(23)16-9-4-3-5-10-16/h3-7,9-12H,2,8,13-15H2,1H3,(H,21,24). The van der Waals surface area contributed by atoms with Gasteiger partial charge in [-0.25, -0.2) is 4.98 Å². The van der Waals surface area contributed by atoms with E-state index in [1.807, 2.05) is 66.1 Å². The van der Waals surface area contributed by atoms with E-state index < -0.39 is 0 Å². The molecule has 0 unspecified atom stereocenters. The summed E-state index contributed by atoms with van der Waals surface area (Å²) in [6, 6.07) is 17.9. The van der Waals surface area contributed by atoms with E-state index in [-0.39, 0.29) is 12.5 Å². The Balaban J connectivity index is 1.79. The summed E-state index contributed by atoms with van der Waals surface area (Å²) in [7, 11) is 0. The maximum atomic E-state index is 12.4. The molecule has 0 radical (unpaired) electrons. The number of carbonyl (C=O) groups excluding carboxylic acids is 1. The van der Waals surface area contributed by atoms with Crippen LogP contribution in [0.1, 0.15) is 13.3 Å². The maximum absolute atomic E-state index is 12.4. The highest BCUT2D eigenvalue weighted by Crippen LogP contribution is 2.24. The van der Waals surface area contributed by atoms with Crippen LogP contribution < -0.4 is 5.32 Å². The summed E-state index contributed by atoms with van der Waals surface area (Å²) in [5.74, 6) is 0.795. The Morgan fingerprint density at radius 1 is 1.12 bits per heavy atom. The number of hydrogen-bond acceptors (Lipinski definition) is 3. The van der Waals surface area contributed by atoms with Crippen LogP contribution in [0.3, 0.4) is 0 Å². The number of amides is 1. The van der Waals surface area contributed by atoms with Gasteiger partial charge in [-0.3, -0.25) is 4.79 Å². The molecule has 3 aromatic rings. The summed E-state index contributed by atoms with van der Waals surface area (Å²) >= 11 is 0. The number of ether oxygens (including phenoxy) is 1. The zero-order chi connectivity index (χ0) is 17.5. The van der Waals surface area contributed by atoms with Crippen LogP contribution in [0.25, 0.3) is 22.4 Å². The summed E-state index contributed by atoms with van der Waals surface area (Å²) in [5.41, 5.74) is 2.86. The van der Waals surface area contributed by atoms with Gasteiger partial charge in [0.05, 0.1) is 11.0 Å². The molecule has 3 rings (SSSR count). The smallest absolute Gasteiger partial charge is 0.240 e. The number of carbonyl (C=O) groups is 1. The van der Waals surface area contributed by atoms with E-state index >= 15 is 0 Å². The lowest BCUT2D eigenvalue weighted by molar-refractivity contribution is -0.121. The van der Waals surface area contributed by atoms with Gasteiger partial charge >= 0.3 is 0 Å². The number of hydrogen-bond donors (Lipinski definition) is 1. The third-order valence-electron chi connectivity index (χ3n) is 3.98. The van der Waals surface area contributed by atoms with Gasteiger partial charge in [-0.1, -0.05) is 42.5 Å². The van der Waals surface area contributed by atoms with Gasteiger partial charge in [0.1, 0.15) is 12.4 Å². The highest BCUT2D eigenvalue weighted by Gasteiger charge is 2.14. The number of nitrogens with one attached hydrogen (secondary N) is 1. The van der Waals surface area contributed by atoms with Crippen LogP contribution in [-0.4, -0.2) is 35.2 Å². The van der Waals surface area contributed by atoms with Crippen molar-refractivity contribution in [3.8, 4) is 11.4 Å². The van der Waals surface area contributed by atoms with E-state index in [1.165, 1.54) is 0 Å². The molecule has 1 amide bonds. The molecule has 130 valence electrons. The normalized spacial score (nSPS) is 10.9. The van der Waals surface area contributed by atoms with Gasteiger partial charge < -0.3 is 14.6 Å². The van der Waals surface area contributed by atoms with Crippen molar-refractivity contribution >= 4 is 16.9 Å². The number of rotatable bonds is 8. The van der Waals surface area contributed by atoms with Crippen LogP contribution in [0.2, 0.25) is 0 Å². The van der Waals surface area contributed by atoms with Gasteiger partial charge in [0.15, 0.2) is 0 Å². The second-order valence-corrected chi connectivity index (χ2v) is 5.78. The van der Waals surface area contributed by atoms with E-state index in [2.05, 4.69) is 5.32 Å². The third kappa shape index (κ3) is 4.25. The first kappa shape index (κ1) is 17.2. The number of imidazole rings is 1. The molecule has 0 bridgehead atoms. The van der Waals surface area contributed by atoms with Crippen LogP contribution in [0.4, 0.5) is 0 Å². The first-order valence-corrected chi connectivity index (χ1v) is 8.64. The summed E-state index contributed by atoms with van der Waals surface area (Å²) in [6.07, 6.45) is 0.815. The minimum Gasteiger partial charge on any atom is -0.382 e. The van der Waals surface area contributed by atoms with Gasteiger partial charge in [0.2, 0.25) is 5.91 Å². The lowest BCUT2D eigenvalue weighted by Gasteiger charge is -2.10. The Bertz CT molecular complexity index is 827. The molecule has 2 aromatic carbocycles. The van der Waals surface area contributed by atoms with E-state index in [0.717, 1.165) is 28.8 Å². The second kappa shape index (κ2) is 8.44. The Hall–Kier alpha value is -2.66. The SMILES string of the molecule is CCOCCCNC(=O)Cn1c(-c2ccccc2)nc2ccccc21. The Kier molecular flexibility index (Phi) is 5.80. The number of para-hydroxylation sites is 2. The van der Waals surface area contributed by atoms with Crippen LogP contribution in [0.5, 0.6) is 0 Å². The molecule has 5 nitrogen and oxygen atoms in total.